The molecule has 0 spiro atoms. The van der Waals surface area contributed by atoms with Crippen molar-refractivity contribution in [3.8, 4) is 0 Å². The SMILES string of the molecule is CO.CO.CO.CO.CO.CO.CO.CO.CO.CO[Si](O)(O[Si](O)(O)COCC1CO1)c1ccccc1.O.O.O.O.O.O.O.[Ti].[Ti].[Ti].[Ti].[Ti].[Ti]. The molecule has 1 aliphatic heterocycles. The number of aliphatic hydroxyl groups excluding tert-OH is 9. The first kappa shape index (κ1) is 139. The number of hydrogen-bond donors (Lipinski definition) is 12. The first-order valence-electron chi connectivity index (χ1n) is 10.1. The van der Waals surface area contributed by atoms with E-state index in [1.807, 2.05) is 0 Å². The number of rotatable bonds is 8. The zero-order chi connectivity index (χ0) is 32.6. The van der Waals surface area contributed by atoms with Crippen molar-refractivity contribution in [1.82, 2.24) is 0 Å². The van der Waals surface area contributed by atoms with Gasteiger partial charge in [0.15, 0.2) is 0 Å². The predicted octanol–water partition coefficient (Wildman–Crippen LogP) is -10.9. The summed E-state index contributed by atoms with van der Waals surface area (Å²) < 4.78 is 20.2. The Morgan fingerprint density at radius 2 is 0.804 bits per heavy atom. The second kappa shape index (κ2) is 132. The van der Waals surface area contributed by atoms with E-state index in [1.165, 1.54) is 7.11 Å². The van der Waals surface area contributed by atoms with Crippen LogP contribution in [0.5, 0.6) is 0 Å². The summed E-state index contributed by atoms with van der Waals surface area (Å²) in [6, 6.07) is 8.40. The van der Waals surface area contributed by atoms with Crippen molar-refractivity contribution < 1.29 is 247 Å². The molecule has 1 aliphatic rings. The molecule has 1 fully saturated rings. The summed E-state index contributed by atoms with van der Waals surface area (Å²) in [5, 5.41) is 63.4. The number of epoxide rings is 1. The Morgan fingerprint density at radius 1 is 0.549 bits per heavy atom. The molecule has 23 nitrogen and oxygen atoms in total. The molecule has 0 radical (unpaired) electrons. The molecule has 1 heterocycles. The first-order valence-corrected chi connectivity index (χ1v) is 13.9. The Balaban J connectivity index is -0.0000000136. The maximum Gasteiger partial charge on any atom is 0.526 e. The topological polar surface area (TPSA) is 503 Å². The van der Waals surface area contributed by atoms with E-state index in [-0.39, 0.29) is 188 Å². The van der Waals surface area contributed by atoms with Crippen molar-refractivity contribution in [3.63, 3.8) is 0 Å². The summed E-state index contributed by atoms with van der Waals surface area (Å²) in [5.41, 5.74) is 0. The van der Waals surface area contributed by atoms with Gasteiger partial charge in [-0.3, -0.25) is 0 Å². The molecule has 31 heteroatoms. The van der Waals surface area contributed by atoms with Gasteiger partial charge in [-0.05, 0) is 0 Å². The fourth-order valence-corrected chi connectivity index (χ4v) is 5.65. The molecule has 1 saturated heterocycles. The molecular formula is C20H68O23Si2Ti6. The van der Waals surface area contributed by atoms with Crippen molar-refractivity contribution in [2.75, 3.05) is 90.5 Å². The molecule has 1 aromatic carbocycles. The fraction of sp³-hybridized carbons (Fsp3) is 0.700. The van der Waals surface area contributed by atoms with Gasteiger partial charge >= 0.3 is 17.6 Å². The van der Waals surface area contributed by atoms with E-state index >= 15 is 0 Å². The number of hydrogen-bond acceptors (Lipinski definition) is 16. The summed E-state index contributed by atoms with van der Waals surface area (Å²) in [7, 11) is 2.25. The van der Waals surface area contributed by atoms with Gasteiger partial charge in [0.05, 0.1) is 13.2 Å². The second-order valence-corrected chi connectivity index (χ2v) is 9.21. The van der Waals surface area contributed by atoms with Gasteiger partial charge in [0.2, 0.25) is 0 Å². The van der Waals surface area contributed by atoms with E-state index in [0.29, 0.717) is 11.8 Å². The summed E-state index contributed by atoms with van der Waals surface area (Å²) in [6.45, 7) is 0.893. The average Bonchev–Trinajstić information content (AvgIpc) is 3.87. The van der Waals surface area contributed by atoms with Gasteiger partial charge in [-0.15, -0.1) is 0 Å². The average molecular weight is 1020 g/mol. The quantitative estimate of drug-likeness (QED) is 0.0850. The Hall–Kier alpha value is 3.02. The molecule has 0 bridgehead atoms. The van der Waals surface area contributed by atoms with Gasteiger partial charge in [0.25, 0.3) is 0 Å². The monoisotopic (exact) mass is 1020 g/mol. The van der Waals surface area contributed by atoms with Crippen molar-refractivity contribution in [3.05, 3.63) is 30.3 Å². The van der Waals surface area contributed by atoms with Crippen molar-refractivity contribution in [1.29, 1.82) is 0 Å². The third kappa shape index (κ3) is 106. The summed E-state index contributed by atoms with van der Waals surface area (Å²) >= 11 is 0. The molecule has 51 heavy (non-hydrogen) atoms. The molecule has 26 N–H and O–H groups in total. The van der Waals surface area contributed by atoms with Crippen LogP contribution in [-0.2, 0) is 148 Å². The van der Waals surface area contributed by atoms with Crippen LogP contribution in [0, 0.1) is 0 Å². The summed E-state index contributed by atoms with van der Waals surface area (Å²) in [5.74, 6) is 0. The van der Waals surface area contributed by atoms with Crippen LogP contribution in [0.2, 0.25) is 0 Å². The second-order valence-electron chi connectivity index (χ2n) is 4.47. The first-order chi connectivity index (χ1) is 18.5. The van der Waals surface area contributed by atoms with Crippen LogP contribution in [0.15, 0.2) is 30.3 Å². The molecule has 0 aromatic heterocycles. The van der Waals surface area contributed by atoms with Crippen LogP contribution in [0.3, 0.4) is 0 Å². The van der Waals surface area contributed by atoms with E-state index in [1.54, 1.807) is 30.3 Å². The van der Waals surface area contributed by atoms with E-state index in [0.717, 1.165) is 64.0 Å². The van der Waals surface area contributed by atoms with E-state index in [2.05, 4.69) is 0 Å². The van der Waals surface area contributed by atoms with Crippen LogP contribution in [0.25, 0.3) is 0 Å². The van der Waals surface area contributed by atoms with Gasteiger partial charge < -0.3 is 117 Å². The van der Waals surface area contributed by atoms with Gasteiger partial charge in [-0.2, -0.15) is 0 Å². The molecule has 0 amide bonds. The molecule has 0 aliphatic carbocycles. The molecule has 1 aromatic rings. The summed E-state index contributed by atoms with van der Waals surface area (Å²) in [6.07, 6.45) is -0.356. The Morgan fingerprint density at radius 3 is 1.02 bits per heavy atom. The van der Waals surface area contributed by atoms with Crippen LogP contribution in [-0.4, -0.2) is 213 Å². The van der Waals surface area contributed by atoms with Crippen molar-refractivity contribution in [2.24, 2.45) is 0 Å². The van der Waals surface area contributed by atoms with Gasteiger partial charge in [0, 0.05) is 207 Å². The largest absolute Gasteiger partial charge is 0.526 e. The molecule has 2 atom stereocenters. The molecule has 318 valence electrons. The van der Waals surface area contributed by atoms with Crippen LogP contribution < -0.4 is 5.19 Å². The van der Waals surface area contributed by atoms with Gasteiger partial charge in [-0.1, -0.05) is 30.3 Å². The van der Waals surface area contributed by atoms with E-state index in [4.69, 9.17) is 64.0 Å². The zero-order valence-electron chi connectivity index (χ0n) is 30.6. The van der Waals surface area contributed by atoms with Gasteiger partial charge in [0.1, 0.15) is 12.3 Å². The summed E-state index contributed by atoms with van der Waals surface area (Å²) in [4.78, 5) is 30.1. The molecule has 0 saturated carbocycles. The smallest absolute Gasteiger partial charge is 0.412 e. The minimum atomic E-state index is -4.17. The number of benzene rings is 1. The van der Waals surface area contributed by atoms with Crippen molar-refractivity contribution in [2.45, 2.75) is 6.10 Å². The maximum atomic E-state index is 10.4. The van der Waals surface area contributed by atoms with E-state index in [9.17, 15) is 14.4 Å². The van der Waals surface area contributed by atoms with E-state index < -0.39 is 17.6 Å². The Labute approximate surface area is 392 Å². The third-order valence-corrected chi connectivity index (χ3v) is 7.32. The Bertz CT molecular complexity index is 481. The normalized spacial score (nSPS) is 9.49. The van der Waals surface area contributed by atoms with Crippen LogP contribution in [0.1, 0.15) is 0 Å². The Kier molecular flexibility index (Phi) is 359. The van der Waals surface area contributed by atoms with Crippen molar-refractivity contribution >= 4 is 22.8 Å². The predicted molar refractivity (Wildman–Crippen MR) is 171 cm³/mol. The molecule has 2 unspecified atom stereocenters. The number of ether oxygens (including phenoxy) is 2. The molecular weight excluding hydrogens is 952 g/mol. The zero-order valence-corrected chi connectivity index (χ0v) is 42.0. The standard InChI is InChI=1S/C11H18O7Si2.9CH4O.7H2O.6Ti/c1-15-20(14,11-5-3-2-4-6-11)18-19(12,13)9-16-7-10-8-17-10;9*1-2;;;;;;;;;;;;;/h2-6,10,12-14H,7-9H2,1H3;9*2H,1H3;7*1H2;;;;;;. The van der Waals surface area contributed by atoms with Gasteiger partial charge in [-0.25, -0.2) is 0 Å². The number of aliphatic hydroxyl groups is 9. The third-order valence-electron chi connectivity index (χ3n) is 2.71. The minimum Gasteiger partial charge on any atom is -0.412 e. The fourth-order valence-electron chi connectivity index (χ4n) is 1.61. The minimum absolute atomic E-state index is 0. The molecule has 2 rings (SSSR count). The maximum absolute atomic E-state index is 10.4. The van der Waals surface area contributed by atoms with Crippen LogP contribution in [0.4, 0.5) is 0 Å². The van der Waals surface area contributed by atoms with Crippen LogP contribution >= 0.6 is 0 Å².